The second kappa shape index (κ2) is 5.61. The van der Waals surface area contributed by atoms with E-state index in [2.05, 4.69) is 18.9 Å². The topological polar surface area (TPSA) is 23.5 Å². The van der Waals surface area contributed by atoms with Gasteiger partial charge < -0.3 is 10.0 Å². The lowest BCUT2D eigenvalue weighted by atomic mass is 9.99. The number of nitrogens with zero attached hydrogens (tertiary/aromatic N) is 1. The lowest BCUT2D eigenvalue weighted by molar-refractivity contribution is 0.174. The summed E-state index contributed by atoms with van der Waals surface area (Å²) in [6, 6.07) is 0.788. The molecular formula is C11H23NO. The summed E-state index contributed by atoms with van der Waals surface area (Å²) in [5.74, 6) is 0.906. The molecule has 2 unspecified atom stereocenters. The summed E-state index contributed by atoms with van der Waals surface area (Å²) in [4.78, 5) is 2.44. The van der Waals surface area contributed by atoms with E-state index in [0.717, 1.165) is 24.9 Å². The summed E-state index contributed by atoms with van der Waals surface area (Å²) in [5.41, 5.74) is 0. The molecular weight excluding hydrogens is 162 g/mol. The molecule has 0 aromatic heterocycles. The Bertz CT molecular complexity index is 138. The van der Waals surface area contributed by atoms with Crippen LogP contribution in [-0.4, -0.2) is 36.2 Å². The van der Waals surface area contributed by atoms with E-state index in [4.69, 9.17) is 5.11 Å². The zero-order valence-electron chi connectivity index (χ0n) is 9.00. The van der Waals surface area contributed by atoms with Crippen LogP contribution in [0.1, 0.15) is 39.0 Å². The normalized spacial score (nSPS) is 28.6. The molecule has 2 heteroatoms. The van der Waals surface area contributed by atoms with Crippen molar-refractivity contribution in [1.29, 1.82) is 0 Å². The quantitative estimate of drug-likeness (QED) is 0.707. The Hall–Kier alpha value is -0.0800. The highest BCUT2D eigenvalue weighted by molar-refractivity contribution is 4.83. The monoisotopic (exact) mass is 185 g/mol. The zero-order chi connectivity index (χ0) is 9.68. The molecule has 0 spiro atoms. The molecule has 2 nitrogen and oxygen atoms in total. The van der Waals surface area contributed by atoms with Gasteiger partial charge in [-0.1, -0.05) is 19.8 Å². The van der Waals surface area contributed by atoms with E-state index < -0.39 is 0 Å². The number of hydrogen-bond donors (Lipinski definition) is 1. The predicted octanol–water partition coefficient (Wildman–Crippen LogP) is 1.88. The fourth-order valence-corrected chi connectivity index (χ4v) is 2.56. The molecule has 0 aromatic carbocycles. The molecule has 78 valence electrons. The predicted molar refractivity (Wildman–Crippen MR) is 55.8 cm³/mol. The minimum Gasteiger partial charge on any atom is -0.396 e. The molecule has 1 aliphatic carbocycles. The number of rotatable bonds is 5. The first-order valence-electron chi connectivity index (χ1n) is 5.60. The first kappa shape index (κ1) is 11.0. The van der Waals surface area contributed by atoms with Crippen LogP contribution in [0, 0.1) is 5.92 Å². The van der Waals surface area contributed by atoms with E-state index in [9.17, 15) is 0 Å². The third-order valence-corrected chi connectivity index (χ3v) is 3.38. The highest BCUT2D eigenvalue weighted by Crippen LogP contribution is 2.31. The van der Waals surface area contributed by atoms with Gasteiger partial charge in [-0.15, -0.1) is 0 Å². The van der Waals surface area contributed by atoms with Crippen LogP contribution in [-0.2, 0) is 0 Å². The molecule has 1 fully saturated rings. The standard InChI is InChI=1S/C11H23NO/c1-3-10-6-4-7-11(10)12(2)8-5-9-13/h10-11,13H,3-9H2,1-2H3. The van der Waals surface area contributed by atoms with Gasteiger partial charge in [-0.25, -0.2) is 0 Å². The van der Waals surface area contributed by atoms with Gasteiger partial charge in [0.2, 0.25) is 0 Å². The van der Waals surface area contributed by atoms with E-state index >= 15 is 0 Å². The molecule has 0 heterocycles. The maximum absolute atomic E-state index is 8.75. The maximum Gasteiger partial charge on any atom is 0.0443 e. The molecule has 0 aromatic rings. The van der Waals surface area contributed by atoms with Crippen LogP contribution < -0.4 is 0 Å². The summed E-state index contributed by atoms with van der Waals surface area (Å²) in [6.07, 6.45) is 6.40. The molecule has 0 radical (unpaired) electrons. The average molecular weight is 185 g/mol. The molecule has 1 aliphatic rings. The fraction of sp³-hybridized carbons (Fsp3) is 1.00. The summed E-state index contributed by atoms with van der Waals surface area (Å²) in [5, 5.41) is 8.75. The molecule has 0 bridgehead atoms. The number of aliphatic hydroxyl groups is 1. The van der Waals surface area contributed by atoms with Crippen LogP contribution in [0.4, 0.5) is 0 Å². The second-order valence-electron chi connectivity index (χ2n) is 4.22. The van der Waals surface area contributed by atoms with Crippen molar-refractivity contribution in [1.82, 2.24) is 4.90 Å². The Labute approximate surface area is 81.9 Å². The SMILES string of the molecule is CCC1CCCC1N(C)CCCO. The molecule has 1 rings (SSSR count). The van der Waals surface area contributed by atoms with Crippen LogP contribution in [0.3, 0.4) is 0 Å². The van der Waals surface area contributed by atoms with Gasteiger partial charge in [0.05, 0.1) is 0 Å². The van der Waals surface area contributed by atoms with Crippen LogP contribution in [0.2, 0.25) is 0 Å². The highest BCUT2D eigenvalue weighted by Gasteiger charge is 2.28. The van der Waals surface area contributed by atoms with E-state index in [1.807, 2.05) is 0 Å². The van der Waals surface area contributed by atoms with E-state index in [-0.39, 0.29) is 0 Å². The molecule has 0 saturated heterocycles. The molecule has 13 heavy (non-hydrogen) atoms. The van der Waals surface area contributed by atoms with Crippen molar-refractivity contribution in [2.75, 3.05) is 20.2 Å². The first-order chi connectivity index (χ1) is 6.29. The van der Waals surface area contributed by atoms with Crippen molar-refractivity contribution in [3.8, 4) is 0 Å². The van der Waals surface area contributed by atoms with Crippen molar-refractivity contribution in [3.63, 3.8) is 0 Å². The largest absolute Gasteiger partial charge is 0.396 e. The summed E-state index contributed by atoms with van der Waals surface area (Å²) < 4.78 is 0. The van der Waals surface area contributed by atoms with Gasteiger partial charge in [0.1, 0.15) is 0 Å². The van der Waals surface area contributed by atoms with E-state index in [1.54, 1.807) is 0 Å². The minimum atomic E-state index is 0.327. The van der Waals surface area contributed by atoms with Crippen molar-refractivity contribution in [2.24, 2.45) is 5.92 Å². The zero-order valence-corrected chi connectivity index (χ0v) is 9.00. The van der Waals surface area contributed by atoms with Gasteiger partial charge in [0.15, 0.2) is 0 Å². The first-order valence-corrected chi connectivity index (χ1v) is 5.60. The molecule has 1 saturated carbocycles. The molecule has 0 amide bonds. The molecule has 1 N–H and O–H groups in total. The van der Waals surface area contributed by atoms with Crippen LogP contribution in [0.5, 0.6) is 0 Å². The number of aliphatic hydroxyl groups excluding tert-OH is 1. The Kier molecular flexibility index (Phi) is 4.74. The average Bonchev–Trinajstić information content (AvgIpc) is 2.61. The lowest BCUT2D eigenvalue weighted by Crippen LogP contribution is -2.35. The van der Waals surface area contributed by atoms with E-state index in [1.165, 1.54) is 25.7 Å². The van der Waals surface area contributed by atoms with Crippen LogP contribution in [0.15, 0.2) is 0 Å². The fourth-order valence-electron chi connectivity index (χ4n) is 2.56. The minimum absolute atomic E-state index is 0.327. The summed E-state index contributed by atoms with van der Waals surface area (Å²) in [6.45, 7) is 3.67. The van der Waals surface area contributed by atoms with Gasteiger partial charge in [-0.3, -0.25) is 0 Å². The van der Waals surface area contributed by atoms with Crippen molar-refractivity contribution >= 4 is 0 Å². The van der Waals surface area contributed by atoms with E-state index in [0.29, 0.717) is 6.61 Å². The maximum atomic E-state index is 8.75. The highest BCUT2D eigenvalue weighted by atomic mass is 16.3. The van der Waals surface area contributed by atoms with Gasteiger partial charge >= 0.3 is 0 Å². The third kappa shape index (κ3) is 2.96. The smallest absolute Gasteiger partial charge is 0.0443 e. The van der Waals surface area contributed by atoms with Gasteiger partial charge in [0, 0.05) is 19.2 Å². The van der Waals surface area contributed by atoms with Crippen molar-refractivity contribution in [3.05, 3.63) is 0 Å². The van der Waals surface area contributed by atoms with Crippen LogP contribution >= 0.6 is 0 Å². The van der Waals surface area contributed by atoms with Crippen LogP contribution in [0.25, 0.3) is 0 Å². The van der Waals surface area contributed by atoms with Crippen molar-refractivity contribution in [2.45, 2.75) is 45.1 Å². The Morgan fingerprint density at radius 1 is 1.38 bits per heavy atom. The van der Waals surface area contributed by atoms with Gasteiger partial charge in [-0.2, -0.15) is 0 Å². The second-order valence-corrected chi connectivity index (χ2v) is 4.22. The lowest BCUT2D eigenvalue weighted by Gasteiger charge is -2.28. The summed E-state index contributed by atoms with van der Waals surface area (Å²) in [7, 11) is 2.20. The summed E-state index contributed by atoms with van der Waals surface area (Å²) >= 11 is 0. The number of hydrogen-bond acceptors (Lipinski definition) is 2. The Morgan fingerprint density at radius 3 is 2.77 bits per heavy atom. The van der Waals surface area contributed by atoms with Gasteiger partial charge in [0.25, 0.3) is 0 Å². The van der Waals surface area contributed by atoms with Gasteiger partial charge in [-0.05, 0) is 32.2 Å². The molecule has 0 aliphatic heterocycles. The van der Waals surface area contributed by atoms with Crippen molar-refractivity contribution < 1.29 is 5.11 Å². The third-order valence-electron chi connectivity index (χ3n) is 3.38. The Morgan fingerprint density at radius 2 is 2.15 bits per heavy atom. The molecule has 2 atom stereocenters. The Balaban J connectivity index is 2.31.